The number of amides is 1. The van der Waals surface area contributed by atoms with Crippen LogP contribution in [0.2, 0.25) is 0 Å². The van der Waals surface area contributed by atoms with Gasteiger partial charge in [-0.1, -0.05) is 0 Å². The quantitative estimate of drug-likeness (QED) is 0.610. The molecule has 2 N–H and O–H groups in total. The lowest BCUT2D eigenvalue weighted by molar-refractivity contribution is 0.0945. The third kappa shape index (κ3) is 2.34. The maximum absolute atomic E-state index is 12.2. The molecule has 1 aliphatic heterocycles. The predicted molar refractivity (Wildman–Crippen MR) is 102 cm³/mol. The number of carbonyl (C=O) groups is 1. The Morgan fingerprint density at radius 2 is 2.08 bits per heavy atom. The minimum Gasteiger partial charge on any atom is -0.363 e. The maximum atomic E-state index is 12.2. The second-order valence-corrected chi connectivity index (χ2v) is 7.04. The van der Waals surface area contributed by atoms with E-state index in [9.17, 15) is 4.79 Å². The molecule has 3 aromatic heterocycles. The van der Waals surface area contributed by atoms with Crippen molar-refractivity contribution in [1.82, 2.24) is 20.3 Å². The second kappa shape index (κ2) is 5.73. The molecule has 24 heavy (non-hydrogen) atoms. The topological polar surface area (TPSA) is 73.9 Å². The summed E-state index contributed by atoms with van der Waals surface area (Å²) in [6, 6.07) is 5.88. The minimum absolute atomic E-state index is 0.0107. The normalized spacial score (nSPS) is 13.7. The van der Waals surface area contributed by atoms with Gasteiger partial charge in [-0.3, -0.25) is 9.78 Å². The van der Waals surface area contributed by atoms with Crippen molar-refractivity contribution in [3.8, 4) is 11.3 Å². The minimum atomic E-state index is -0.0107. The zero-order valence-electron chi connectivity index (χ0n) is 13.4. The summed E-state index contributed by atoms with van der Waals surface area (Å²) < 4.78 is 0.935. The van der Waals surface area contributed by atoms with Crippen LogP contribution in [0.3, 0.4) is 0 Å². The first-order valence-corrected chi connectivity index (χ1v) is 8.76. The predicted octanol–water partition coefficient (Wildman–Crippen LogP) is 2.58. The molecule has 0 saturated heterocycles. The van der Waals surface area contributed by atoms with Crippen molar-refractivity contribution in [3.63, 3.8) is 0 Å². The molecule has 0 aromatic carbocycles. The third-order valence-electron chi connectivity index (χ3n) is 4.20. The van der Waals surface area contributed by atoms with E-state index in [0.717, 1.165) is 49.4 Å². The molecule has 0 unspecified atom stereocenters. The molecular formula is C17H16IN5O. The van der Waals surface area contributed by atoms with Gasteiger partial charge in [0.2, 0.25) is 0 Å². The van der Waals surface area contributed by atoms with Crippen molar-refractivity contribution >= 4 is 45.3 Å². The SMILES string of the molecule is CN(C)c1ccc2nccc(-c3[nH]c4c(c3I)C(=O)NCC4)c2n1. The highest BCUT2D eigenvalue weighted by atomic mass is 127. The highest BCUT2D eigenvalue weighted by Gasteiger charge is 2.26. The zero-order valence-corrected chi connectivity index (χ0v) is 15.5. The highest BCUT2D eigenvalue weighted by Crippen LogP contribution is 2.34. The lowest BCUT2D eigenvalue weighted by Crippen LogP contribution is -2.31. The molecule has 0 aliphatic carbocycles. The number of hydrogen-bond donors (Lipinski definition) is 2. The molecule has 3 aromatic rings. The molecular weight excluding hydrogens is 417 g/mol. The van der Waals surface area contributed by atoms with Gasteiger partial charge in [-0.25, -0.2) is 4.98 Å². The Balaban J connectivity index is 1.97. The van der Waals surface area contributed by atoms with Crippen molar-refractivity contribution in [2.45, 2.75) is 6.42 Å². The van der Waals surface area contributed by atoms with Crippen LogP contribution in [0.15, 0.2) is 24.4 Å². The van der Waals surface area contributed by atoms with E-state index in [-0.39, 0.29) is 5.91 Å². The fourth-order valence-electron chi connectivity index (χ4n) is 2.99. The van der Waals surface area contributed by atoms with Crippen LogP contribution in [0.25, 0.3) is 22.3 Å². The molecule has 122 valence electrons. The first-order chi connectivity index (χ1) is 11.6. The van der Waals surface area contributed by atoms with Crippen LogP contribution < -0.4 is 10.2 Å². The average Bonchev–Trinajstić information content (AvgIpc) is 2.91. The van der Waals surface area contributed by atoms with E-state index in [1.165, 1.54) is 0 Å². The molecule has 0 bridgehead atoms. The summed E-state index contributed by atoms with van der Waals surface area (Å²) in [4.78, 5) is 26.8. The second-order valence-electron chi connectivity index (χ2n) is 5.96. The van der Waals surface area contributed by atoms with Crippen LogP contribution >= 0.6 is 22.6 Å². The Labute approximate surface area is 152 Å². The van der Waals surface area contributed by atoms with Crippen LogP contribution in [0.4, 0.5) is 5.82 Å². The maximum Gasteiger partial charge on any atom is 0.254 e. The van der Waals surface area contributed by atoms with Crippen molar-refractivity contribution in [2.24, 2.45) is 0 Å². The number of H-pyrrole nitrogens is 1. The first kappa shape index (κ1) is 15.4. The van der Waals surface area contributed by atoms with Gasteiger partial charge in [0, 0.05) is 44.5 Å². The van der Waals surface area contributed by atoms with E-state index in [0.29, 0.717) is 6.54 Å². The summed E-state index contributed by atoms with van der Waals surface area (Å²) >= 11 is 2.24. The van der Waals surface area contributed by atoms with Gasteiger partial charge in [0.15, 0.2) is 0 Å². The number of fused-ring (bicyclic) bond motifs is 2. The summed E-state index contributed by atoms with van der Waals surface area (Å²) in [5.74, 6) is 0.865. The number of aromatic nitrogens is 3. The molecule has 0 atom stereocenters. The van der Waals surface area contributed by atoms with Gasteiger partial charge in [0.05, 0.1) is 20.3 Å². The Morgan fingerprint density at radius 1 is 1.25 bits per heavy atom. The highest BCUT2D eigenvalue weighted by molar-refractivity contribution is 14.1. The molecule has 0 fully saturated rings. The Hall–Kier alpha value is -2.16. The van der Waals surface area contributed by atoms with Crippen LogP contribution in [0, 0.1) is 3.57 Å². The lowest BCUT2D eigenvalue weighted by atomic mass is 10.1. The van der Waals surface area contributed by atoms with Crippen molar-refractivity contribution in [1.29, 1.82) is 0 Å². The number of anilines is 1. The van der Waals surface area contributed by atoms with Crippen molar-refractivity contribution in [3.05, 3.63) is 39.2 Å². The van der Waals surface area contributed by atoms with Crippen LogP contribution in [0.1, 0.15) is 16.1 Å². The summed E-state index contributed by atoms with van der Waals surface area (Å²) in [5, 5.41) is 2.91. The van der Waals surface area contributed by atoms with Gasteiger partial charge in [-0.15, -0.1) is 0 Å². The average molecular weight is 433 g/mol. The third-order valence-corrected chi connectivity index (χ3v) is 5.28. The number of aromatic amines is 1. The van der Waals surface area contributed by atoms with E-state index in [4.69, 9.17) is 4.98 Å². The van der Waals surface area contributed by atoms with Gasteiger partial charge in [0.25, 0.3) is 5.91 Å². The number of rotatable bonds is 2. The molecule has 4 rings (SSSR count). The number of hydrogen-bond acceptors (Lipinski definition) is 4. The lowest BCUT2D eigenvalue weighted by Gasteiger charge is -2.13. The van der Waals surface area contributed by atoms with E-state index >= 15 is 0 Å². The van der Waals surface area contributed by atoms with Gasteiger partial charge < -0.3 is 15.2 Å². The summed E-state index contributed by atoms with van der Waals surface area (Å²) in [5.41, 5.74) is 5.33. The van der Waals surface area contributed by atoms with Gasteiger partial charge in [-0.05, 0) is 40.8 Å². The van der Waals surface area contributed by atoms with Crippen molar-refractivity contribution < 1.29 is 4.79 Å². The van der Waals surface area contributed by atoms with E-state index in [1.807, 2.05) is 37.2 Å². The Morgan fingerprint density at radius 3 is 2.83 bits per heavy atom. The van der Waals surface area contributed by atoms with Crippen LogP contribution in [0.5, 0.6) is 0 Å². The Kier molecular flexibility index (Phi) is 3.67. The number of nitrogens with zero attached hydrogens (tertiary/aromatic N) is 3. The Bertz CT molecular complexity index is 963. The number of carbonyl (C=O) groups excluding carboxylic acids is 1. The fourth-order valence-corrected chi connectivity index (χ4v) is 3.99. The molecule has 0 radical (unpaired) electrons. The molecule has 6 nitrogen and oxygen atoms in total. The number of halogens is 1. The molecule has 0 spiro atoms. The molecule has 1 aliphatic rings. The molecule has 1 amide bonds. The van der Waals surface area contributed by atoms with Crippen LogP contribution in [-0.2, 0) is 6.42 Å². The van der Waals surface area contributed by atoms with E-state index < -0.39 is 0 Å². The van der Waals surface area contributed by atoms with Crippen molar-refractivity contribution in [2.75, 3.05) is 25.5 Å². The molecule has 0 saturated carbocycles. The summed E-state index contributed by atoms with van der Waals surface area (Å²) in [7, 11) is 3.93. The molecule has 4 heterocycles. The number of pyridine rings is 2. The van der Waals surface area contributed by atoms with Gasteiger partial charge >= 0.3 is 0 Å². The fraction of sp³-hybridized carbons (Fsp3) is 0.235. The van der Waals surface area contributed by atoms with E-state index in [2.05, 4.69) is 37.9 Å². The zero-order chi connectivity index (χ0) is 16.8. The standard InChI is InChI=1S/C17H16IN5O/c1-23(2)12-4-3-11-15(22-12)9(5-7-19-11)16-14(18)13-10(21-16)6-8-20-17(13)24/h3-5,7,21H,6,8H2,1-2H3,(H,20,24). The summed E-state index contributed by atoms with van der Waals surface area (Å²) in [6.45, 7) is 0.669. The number of nitrogens with one attached hydrogen (secondary N) is 2. The monoisotopic (exact) mass is 433 g/mol. The van der Waals surface area contributed by atoms with Gasteiger partial charge in [0.1, 0.15) is 11.3 Å². The largest absolute Gasteiger partial charge is 0.363 e. The van der Waals surface area contributed by atoms with E-state index in [1.54, 1.807) is 6.20 Å². The summed E-state index contributed by atoms with van der Waals surface area (Å²) in [6.07, 6.45) is 2.60. The molecule has 7 heteroatoms. The first-order valence-electron chi connectivity index (χ1n) is 7.68. The van der Waals surface area contributed by atoms with Gasteiger partial charge in [-0.2, -0.15) is 0 Å². The van der Waals surface area contributed by atoms with Crippen LogP contribution in [-0.4, -0.2) is 41.5 Å². The smallest absolute Gasteiger partial charge is 0.254 e.